The van der Waals surface area contributed by atoms with Crippen LogP contribution in [0.2, 0.25) is 0 Å². The second-order valence-electron chi connectivity index (χ2n) is 5.27. The zero-order valence-electron chi connectivity index (χ0n) is 12.3. The molecule has 0 fully saturated rings. The van der Waals surface area contributed by atoms with Crippen molar-refractivity contribution in [2.75, 3.05) is 9.80 Å². The van der Waals surface area contributed by atoms with E-state index in [0.29, 0.717) is 0 Å². The molecular formula is C18H16N4. The van der Waals surface area contributed by atoms with Crippen LogP contribution in [-0.4, -0.2) is 16.1 Å². The predicted octanol–water partition coefficient (Wildman–Crippen LogP) is 4.11. The van der Waals surface area contributed by atoms with Crippen LogP contribution in [0.5, 0.6) is 0 Å². The molecule has 1 unspecified atom stereocenters. The fourth-order valence-corrected chi connectivity index (χ4v) is 3.04. The van der Waals surface area contributed by atoms with Crippen molar-refractivity contribution in [3.63, 3.8) is 0 Å². The second-order valence-corrected chi connectivity index (χ2v) is 5.27. The summed E-state index contributed by atoms with van der Waals surface area (Å²) in [6.45, 7) is 2.18. The van der Waals surface area contributed by atoms with Gasteiger partial charge in [0.15, 0.2) is 5.82 Å². The van der Waals surface area contributed by atoms with E-state index in [4.69, 9.17) is 0 Å². The van der Waals surface area contributed by atoms with Crippen molar-refractivity contribution in [2.24, 2.45) is 0 Å². The molecule has 4 rings (SSSR count). The number of rotatable bonds is 2. The Morgan fingerprint density at radius 1 is 0.818 bits per heavy atom. The van der Waals surface area contributed by atoms with E-state index in [1.165, 1.54) is 0 Å². The number of para-hydroxylation sites is 2. The standard InChI is InChI=1S/C18H16N4/c1-14-21(15-8-4-2-5-9-15)17-12-19-13-20-18(17)22(14)16-10-6-3-7-11-16/h2-14H,1H3. The molecule has 3 aromatic rings. The van der Waals surface area contributed by atoms with Crippen molar-refractivity contribution in [3.05, 3.63) is 73.2 Å². The number of hydrogen-bond acceptors (Lipinski definition) is 4. The van der Waals surface area contributed by atoms with E-state index in [1.807, 2.05) is 30.5 Å². The SMILES string of the molecule is CC1N(c2ccccc2)c2cncnc2N1c1ccccc1. The number of anilines is 4. The number of nitrogens with zero attached hydrogens (tertiary/aromatic N) is 4. The first-order chi connectivity index (χ1) is 10.9. The van der Waals surface area contributed by atoms with Crippen molar-refractivity contribution in [1.29, 1.82) is 0 Å². The molecule has 1 atom stereocenters. The van der Waals surface area contributed by atoms with Crippen LogP contribution in [0.15, 0.2) is 73.2 Å². The van der Waals surface area contributed by atoms with Gasteiger partial charge < -0.3 is 9.80 Å². The lowest BCUT2D eigenvalue weighted by atomic mass is 10.2. The molecule has 4 heteroatoms. The monoisotopic (exact) mass is 288 g/mol. The molecule has 0 N–H and O–H groups in total. The minimum absolute atomic E-state index is 0.136. The highest BCUT2D eigenvalue weighted by Crippen LogP contribution is 2.45. The molecule has 2 heterocycles. The summed E-state index contributed by atoms with van der Waals surface area (Å²) in [6.07, 6.45) is 3.63. The van der Waals surface area contributed by atoms with Crippen LogP contribution in [0, 0.1) is 0 Å². The van der Waals surface area contributed by atoms with E-state index in [-0.39, 0.29) is 6.17 Å². The van der Waals surface area contributed by atoms with Gasteiger partial charge in [0.05, 0.1) is 6.20 Å². The zero-order chi connectivity index (χ0) is 14.9. The molecule has 22 heavy (non-hydrogen) atoms. The predicted molar refractivity (Wildman–Crippen MR) is 88.7 cm³/mol. The summed E-state index contributed by atoms with van der Waals surface area (Å²) < 4.78 is 0. The highest BCUT2D eigenvalue weighted by Gasteiger charge is 2.35. The van der Waals surface area contributed by atoms with Gasteiger partial charge in [0, 0.05) is 11.4 Å². The van der Waals surface area contributed by atoms with E-state index in [9.17, 15) is 0 Å². The van der Waals surface area contributed by atoms with Crippen LogP contribution in [0.4, 0.5) is 22.9 Å². The quantitative estimate of drug-likeness (QED) is 0.710. The smallest absolute Gasteiger partial charge is 0.162 e. The van der Waals surface area contributed by atoms with Gasteiger partial charge in [-0.2, -0.15) is 0 Å². The Morgan fingerprint density at radius 3 is 2.05 bits per heavy atom. The van der Waals surface area contributed by atoms with Gasteiger partial charge >= 0.3 is 0 Å². The summed E-state index contributed by atoms with van der Waals surface area (Å²) in [5.41, 5.74) is 3.31. The topological polar surface area (TPSA) is 32.3 Å². The molecule has 108 valence electrons. The third-order valence-corrected chi connectivity index (χ3v) is 3.98. The molecule has 0 aliphatic carbocycles. The van der Waals surface area contributed by atoms with Crippen LogP contribution >= 0.6 is 0 Å². The van der Waals surface area contributed by atoms with E-state index < -0.39 is 0 Å². The number of aromatic nitrogens is 2. The van der Waals surface area contributed by atoms with Gasteiger partial charge in [-0.1, -0.05) is 36.4 Å². The maximum absolute atomic E-state index is 4.52. The van der Waals surface area contributed by atoms with Gasteiger partial charge in [0.25, 0.3) is 0 Å². The van der Waals surface area contributed by atoms with Gasteiger partial charge in [0.1, 0.15) is 18.2 Å². The van der Waals surface area contributed by atoms with Crippen LogP contribution in [-0.2, 0) is 0 Å². The van der Waals surface area contributed by atoms with Gasteiger partial charge in [-0.25, -0.2) is 9.97 Å². The summed E-state index contributed by atoms with van der Waals surface area (Å²) in [5.74, 6) is 0.942. The number of hydrogen-bond donors (Lipinski definition) is 0. The van der Waals surface area contributed by atoms with Crippen molar-refractivity contribution >= 4 is 22.9 Å². The van der Waals surface area contributed by atoms with Crippen LogP contribution < -0.4 is 9.80 Å². The summed E-state index contributed by atoms with van der Waals surface area (Å²) in [7, 11) is 0. The third kappa shape index (κ3) is 1.92. The highest BCUT2D eigenvalue weighted by atomic mass is 15.4. The molecule has 0 radical (unpaired) electrons. The van der Waals surface area contributed by atoms with E-state index >= 15 is 0 Å². The second kappa shape index (κ2) is 5.15. The minimum atomic E-state index is 0.136. The lowest BCUT2D eigenvalue weighted by Crippen LogP contribution is -2.35. The largest absolute Gasteiger partial charge is 0.316 e. The molecular weight excluding hydrogens is 272 g/mol. The summed E-state index contributed by atoms with van der Waals surface area (Å²) >= 11 is 0. The fraction of sp³-hybridized carbons (Fsp3) is 0.111. The molecule has 0 saturated carbocycles. The molecule has 0 saturated heterocycles. The number of benzene rings is 2. The lowest BCUT2D eigenvalue weighted by Gasteiger charge is -2.29. The molecule has 0 spiro atoms. The maximum atomic E-state index is 4.52. The molecule has 2 aromatic carbocycles. The Labute approximate surface area is 129 Å². The highest BCUT2D eigenvalue weighted by molar-refractivity contribution is 5.84. The van der Waals surface area contributed by atoms with Crippen LogP contribution in [0.25, 0.3) is 0 Å². The van der Waals surface area contributed by atoms with E-state index in [2.05, 4.69) is 63.1 Å². The molecule has 1 aliphatic heterocycles. The summed E-state index contributed by atoms with van der Waals surface area (Å²) in [6, 6.07) is 20.7. The fourth-order valence-electron chi connectivity index (χ4n) is 3.04. The molecule has 4 nitrogen and oxygen atoms in total. The Hall–Kier alpha value is -2.88. The van der Waals surface area contributed by atoms with Gasteiger partial charge in [-0.05, 0) is 31.2 Å². The Balaban J connectivity index is 1.87. The van der Waals surface area contributed by atoms with Crippen molar-refractivity contribution in [2.45, 2.75) is 13.1 Å². The average Bonchev–Trinajstić information content (AvgIpc) is 2.88. The maximum Gasteiger partial charge on any atom is 0.162 e. The van der Waals surface area contributed by atoms with Crippen molar-refractivity contribution in [1.82, 2.24) is 9.97 Å². The van der Waals surface area contributed by atoms with E-state index in [1.54, 1.807) is 6.33 Å². The minimum Gasteiger partial charge on any atom is -0.316 e. The van der Waals surface area contributed by atoms with Crippen LogP contribution in [0.3, 0.4) is 0 Å². The Morgan fingerprint density at radius 2 is 1.41 bits per heavy atom. The summed E-state index contributed by atoms with van der Waals surface area (Å²) in [4.78, 5) is 13.2. The average molecular weight is 288 g/mol. The zero-order valence-corrected chi connectivity index (χ0v) is 12.3. The van der Waals surface area contributed by atoms with E-state index in [0.717, 1.165) is 22.9 Å². The molecule has 0 bridgehead atoms. The van der Waals surface area contributed by atoms with Gasteiger partial charge in [0.2, 0.25) is 0 Å². The molecule has 0 amide bonds. The van der Waals surface area contributed by atoms with Gasteiger partial charge in [-0.3, -0.25) is 0 Å². The molecule has 1 aromatic heterocycles. The first kappa shape index (κ1) is 12.8. The normalized spacial score (nSPS) is 16.7. The Kier molecular flexibility index (Phi) is 3.00. The third-order valence-electron chi connectivity index (χ3n) is 3.98. The lowest BCUT2D eigenvalue weighted by molar-refractivity contribution is 0.757. The van der Waals surface area contributed by atoms with Crippen LogP contribution in [0.1, 0.15) is 6.92 Å². The Bertz CT molecular complexity index is 707. The van der Waals surface area contributed by atoms with Crippen molar-refractivity contribution < 1.29 is 0 Å². The first-order valence-electron chi connectivity index (χ1n) is 7.35. The first-order valence-corrected chi connectivity index (χ1v) is 7.35. The van der Waals surface area contributed by atoms with Crippen molar-refractivity contribution in [3.8, 4) is 0 Å². The summed E-state index contributed by atoms with van der Waals surface area (Å²) in [5, 5.41) is 0. The number of fused-ring (bicyclic) bond motifs is 1. The van der Waals surface area contributed by atoms with Gasteiger partial charge in [-0.15, -0.1) is 0 Å². The molecule has 1 aliphatic rings.